The van der Waals surface area contributed by atoms with E-state index in [2.05, 4.69) is 42.8 Å². The van der Waals surface area contributed by atoms with Crippen molar-refractivity contribution in [3.05, 3.63) is 78.1 Å². The van der Waals surface area contributed by atoms with Crippen molar-refractivity contribution in [2.45, 2.75) is 13.0 Å². The van der Waals surface area contributed by atoms with Crippen molar-refractivity contribution >= 4 is 0 Å². The van der Waals surface area contributed by atoms with Gasteiger partial charge in [0.15, 0.2) is 11.6 Å². The van der Waals surface area contributed by atoms with Crippen LogP contribution in [0.5, 0.6) is 5.75 Å². The Bertz CT molecular complexity index is 917. The van der Waals surface area contributed by atoms with E-state index in [1.807, 2.05) is 42.5 Å². The van der Waals surface area contributed by atoms with E-state index in [4.69, 9.17) is 4.74 Å². The van der Waals surface area contributed by atoms with Gasteiger partial charge in [0.1, 0.15) is 18.7 Å². The second kappa shape index (κ2) is 6.91. The minimum absolute atomic E-state index is 0.325. The molecule has 25 heavy (non-hydrogen) atoms. The zero-order valence-electron chi connectivity index (χ0n) is 13.3. The molecule has 124 valence electrons. The Morgan fingerprint density at radius 1 is 1.00 bits per heavy atom. The molecule has 4 rings (SSSR count). The Labute approximate surface area is 143 Å². The lowest BCUT2D eigenvalue weighted by molar-refractivity contribution is 0.296. The molecule has 8 nitrogen and oxygen atoms in total. The monoisotopic (exact) mass is 333 g/mol. The summed E-state index contributed by atoms with van der Waals surface area (Å²) in [5, 5.41) is 18.2. The number of nitrogens with one attached hydrogen (secondary N) is 1. The molecule has 8 heteroatoms. The molecule has 4 aromatic rings. The number of hydrogen-bond acceptors (Lipinski definition) is 6. The van der Waals surface area contributed by atoms with E-state index in [-0.39, 0.29) is 0 Å². The molecule has 2 heterocycles. The molecular weight excluding hydrogens is 318 g/mol. The zero-order chi connectivity index (χ0) is 16.9. The molecule has 0 fully saturated rings. The van der Waals surface area contributed by atoms with E-state index in [0.29, 0.717) is 18.9 Å². The van der Waals surface area contributed by atoms with Crippen LogP contribution in [0, 0.1) is 0 Å². The quantitative estimate of drug-likeness (QED) is 0.579. The number of H-pyrrole nitrogens is 1. The third-order valence-electron chi connectivity index (χ3n) is 3.61. The van der Waals surface area contributed by atoms with Crippen molar-refractivity contribution in [1.82, 2.24) is 35.4 Å². The predicted octanol–water partition coefficient (Wildman–Crippen LogP) is 1.95. The van der Waals surface area contributed by atoms with Gasteiger partial charge in [-0.25, -0.2) is 9.67 Å². The molecule has 0 saturated carbocycles. The van der Waals surface area contributed by atoms with Crippen LogP contribution in [-0.2, 0) is 13.0 Å². The Hall–Kier alpha value is -3.55. The number of aromatic amines is 1. The lowest BCUT2D eigenvalue weighted by Gasteiger charge is -2.05. The summed E-state index contributed by atoms with van der Waals surface area (Å²) in [7, 11) is 0. The van der Waals surface area contributed by atoms with Gasteiger partial charge in [0, 0.05) is 6.42 Å². The van der Waals surface area contributed by atoms with Crippen LogP contribution in [0.15, 0.2) is 60.9 Å². The zero-order valence-corrected chi connectivity index (χ0v) is 13.3. The lowest BCUT2D eigenvalue weighted by atomic mass is 10.1. The molecule has 0 amide bonds. The van der Waals surface area contributed by atoms with Gasteiger partial charge in [-0.15, -0.1) is 5.10 Å². The first kappa shape index (κ1) is 15.0. The molecule has 0 aliphatic carbocycles. The standard InChI is InChI=1S/C17H15N7O/c1-2-4-13(5-3-1)10-16-19-17(21-20-16)11-25-15-8-6-14(7-9-15)24-12-18-22-23-24/h1-9,12H,10-11H2,(H,19,20,21). The molecule has 0 radical (unpaired) electrons. The van der Waals surface area contributed by atoms with E-state index in [0.717, 1.165) is 17.3 Å². The second-order valence-corrected chi connectivity index (χ2v) is 5.40. The Balaban J connectivity index is 1.35. The largest absolute Gasteiger partial charge is 0.486 e. The average molecular weight is 333 g/mol. The number of nitrogens with zero attached hydrogens (tertiary/aromatic N) is 6. The van der Waals surface area contributed by atoms with Crippen LogP contribution in [0.2, 0.25) is 0 Å². The van der Waals surface area contributed by atoms with Crippen LogP contribution in [0.3, 0.4) is 0 Å². The number of ether oxygens (including phenoxy) is 1. The van der Waals surface area contributed by atoms with Crippen molar-refractivity contribution in [3.63, 3.8) is 0 Å². The number of benzene rings is 2. The molecule has 1 N–H and O–H groups in total. The number of aromatic nitrogens is 7. The van der Waals surface area contributed by atoms with Gasteiger partial charge >= 0.3 is 0 Å². The number of tetrazole rings is 1. The van der Waals surface area contributed by atoms with Crippen molar-refractivity contribution in [3.8, 4) is 11.4 Å². The van der Waals surface area contributed by atoms with Gasteiger partial charge in [-0.2, -0.15) is 5.10 Å². The number of hydrogen-bond donors (Lipinski definition) is 1. The fourth-order valence-electron chi connectivity index (χ4n) is 2.38. The summed E-state index contributed by atoms with van der Waals surface area (Å²) in [6, 6.07) is 17.6. The van der Waals surface area contributed by atoms with Crippen LogP contribution in [0.4, 0.5) is 0 Å². The summed E-state index contributed by atoms with van der Waals surface area (Å²) < 4.78 is 7.31. The van der Waals surface area contributed by atoms with Gasteiger partial charge in [0.25, 0.3) is 0 Å². The van der Waals surface area contributed by atoms with Gasteiger partial charge in [-0.3, -0.25) is 5.10 Å². The van der Waals surface area contributed by atoms with Gasteiger partial charge < -0.3 is 4.74 Å². The minimum Gasteiger partial charge on any atom is -0.486 e. The molecule has 0 unspecified atom stereocenters. The first-order chi connectivity index (χ1) is 12.4. The molecule has 0 aliphatic heterocycles. The number of rotatable bonds is 6. The minimum atomic E-state index is 0.325. The maximum Gasteiger partial charge on any atom is 0.162 e. The topological polar surface area (TPSA) is 94.4 Å². The smallest absolute Gasteiger partial charge is 0.162 e. The SMILES string of the molecule is c1ccc(Cc2n[nH]c(COc3ccc(-n4cnnn4)cc3)n2)cc1. The fraction of sp³-hybridized carbons (Fsp3) is 0.118. The van der Waals surface area contributed by atoms with Crippen molar-refractivity contribution in [2.24, 2.45) is 0 Å². The first-order valence-electron chi connectivity index (χ1n) is 7.77. The third kappa shape index (κ3) is 3.69. The predicted molar refractivity (Wildman–Crippen MR) is 89.1 cm³/mol. The van der Waals surface area contributed by atoms with E-state index in [1.165, 1.54) is 5.56 Å². The second-order valence-electron chi connectivity index (χ2n) is 5.40. The molecule has 0 spiro atoms. The van der Waals surface area contributed by atoms with Crippen molar-refractivity contribution in [2.75, 3.05) is 0 Å². The molecule has 0 atom stereocenters. The Kier molecular flexibility index (Phi) is 4.15. The van der Waals surface area contributed by atoms with Crippen LogP contribution in [0.1, 0.15) is 17.2 Å². The van der Waals surface area contributed by atoms with Crippen LogP contribution < -0.4 is 4.74 Å². The summed E-state index contributed by atoms with van der Waals surface area (Å²) in [6.07, 6.45) is 2.23. The summed E-state index contributed by atoms with van der Waals surface area (Å²) >= 11 is 0. The summed E-state index contributed by atoms with van der Waals surface area (Å²) in [5.74, 6) is 2.17. The van der Waals surface area contributed by atoms with Gasteiger partial charge in [0.2, 0.25) is 0 Å². The van der Waals surface area contributed by atoms with Crippen LogP contribution in [-0.4, -0.2) is 35.4 Å². The highest BCUT2D eigenvalue weighted by atomic mass is 16.5. The van der Waals surface area contributed by atoms with Crippen LogP contribution in [0.25, 0.3) is 5.69 Å². The van der Waals surface area contributed by atoms with Gasteiger partial charge in [0.05, 0.1) is 5.69 Å². The summed E-state index contributed by atoms with van der Waals surface area (Å²) in [6.45, 7) is 0.325. The van der Waals surface area contributed by atoms with E-state index in [9.17, 15) is 0 Å². The highest BCUT2D eigenvalue weighted by Gasteiger charge is 2.05. The van der Waals surface area contributed by atoms with Gasteiger partial charge in [-0.05, 0) is 40.3 Å². The highest BCUT2D eigenvalue weighted by molar-refractivity contribution is 5.36. The van der Waals surface area contributed by atoms with Gasteiger partial charge in [-0.1, -0.05) is 30.3 Å². The third-order valence-corrected chi connectivity index (χ3v) is 3.61. The van der Waals surface area contributed by atoms with E-state index in [1.54, 1.807) is 11.0 Å². The molecule has 0 aliphatic rings. The lowest BCUT2D eigenvalue weighted by Crippen LogP contribution is -1.99. The summed E-state index contributed by atoms with van der Waals surface area (Å²) in [4.78, 5) is 4.46. The highest BCUT2D eigenvalue weighted by Crippen LogP contribution is 2.15. The average Bonchev–Trinajstić information content (AvgIpc) is 3.33. The maximum absolute atomic E-state index is 5.73. The summed E-state index contributed by atoms with van der Waals surface area (Å²) in [5.41, 5.74) is 2.04. The maximum atomic E-state index is 5.73. The Morgan fingerprint density at radius 3 is 2.60 bits per heavy atom. The molecule has 2 aromatic carbocycles. The van der Waals surface area contributed by atoms with Crippen LogP contribution >= 0.6 is 0 Å². The van der Waals surface area contributed by atoms with Crippen molar-refractivity contribution in [1.29, 1.82) is 0 Å². The first-order valence-corrected chi connectivity index (χ1v) is 7.77. The van der Waals surface area contributed by atoms with E-state index >= 15 is 0 Å². The molecule has 2 aromatic heterocycles. The molecule has 0 bridgehead atoms. The van der Waals surface area contributed by atoms with E-state index < -0.39 is 0 Å². The molecule has 0 saturated heterocycles. The molecular formula is C17H15N7O. The van der Waals surface area contributed by atoms with Crippen molar-refractivity contribution < 1.29 is 4.74 Å². The Morgan fingerprint density at radius 2 is 1.84 bits per heavy atom. The fourth-order valence-corrected chi connectivity index (χ4v) is 2.38. The normalized spacial score (nSPS) is 10.7.